The van der Waals surface area contributed by atoms with Gasteiger partial charge in [-0.1, -0.05) is 43.3 Å². The number of carbonyl (C=O) groups excluding carboxylic acids is 1. The molecule has 1 N–H and O–H groups in total. The van der Waals surface area contributed by atoms with E-state index in [1.807, 2.05) is 58.0 Å². The van der Waals surface area contributed by atoms with Crippen LogP contribution < -0.4 is 5.32 Å². The van der Waals surface area contributed by atoms with Gasteiger partial charge in [0, 0.05) is 24.2 Å². The summed E-state index contributed by atoms with van der Waals surface area (Å²) in [6, 6.07) is 15.5. The molecule has 0 aromatic heterocycles. The zero-order valence-corrected chi connectivity index (χ0v) is 17.2. The molecule has 1 unspecified atom stereocenters. The van der Waals surface area contributed by atoms with Crippen molar-refractivity contribution < 1.29 is 13.2 Å². The first-order chi connectivity index (χ1) is 12.8. The summed E-state index contributed by atoms with van der Waals surface area (Å²) in [6.45, 7) is 7.87. The van der Waals surface area contributed by atoms with Crippen molar-refractivity contribution in [3.8, 4) is 0 Å². The van der Waals surface area contributed by atoms with Gasteiger partial charge in [-0.15, -0.1) is 0 Å². The second kappa shape index (κ2) is 9.15. The summed E-state index contributed by atoms with van der Waals surface area (Å²) >= 11 is 0. The highest BCUT2D eigenvalue weighted by Crippen LogP contribution is 2.22. The average molecular weight is 389 g/mol. The quantitative estimate of drug-likeness (QED) is 0.748. The molecule has 0 aliphatic heterocycles. The largest absolute Gasteiger partial charge is 0.350 e. The smallest absolute Gasteiger partial charge is 0.251 e. The van der Waals surface area contributed by atoms with E-state index in [1.54, 1.807) is 12.1 Å². The van der Waals surface area contributed by atoms with Crippen LogP contribution in [0.1, 0.15) is 50.0 Å². The minimum atomic E-state index is -3.74. The number of hydrogen-bond acceptors (Lipinski definition) is 3. The lowest BCUT2D eigenvalue weighted by Gasteiger charge is -2.26. The summed E-state index contributed by atoms with van der Waals surface area (Å²) in [5, 5.41) is 2.87. The van der Waals surface area contributed by atoms with Crippen LogP contribution in [0.2, 0.25) is 0 Å². The van der Waals surface area contributed by atoms with E-state index in [4.69, 9.17) is 0 Å². The highest BCUT2D eigenvalue weighted by atomic mass is 32.2. The minimum absolute atomic E-state index is 0.0306. The van der Waals surface area contributed by atoms with Crippen molar-refractivity contribution >= 4 is 15.9 Å². The molecule has 1 amide bonds. The molecule has 0 saturated carbocycles. The summed E-state index contributed by atoms with van der Waals surface area (Å²) in [5.41, 5.74) is 1.26. The molecule has 0 bridgehead atoms. The van der Waals surface area contributed by atoms with Crippen LogP contribution >= 0.6 is 0 Å². The Balaban J connectivity index is 2.33. The normalized spacial score (nSPS) is 13.0. The average Bonchev–Trinajstić information content (AvgIpc) is 2.66. The summed E-state index contributed by atoms with van der Waals surface area (Å²) in [5.74, 6) is -0.263. The van der Waals surface area contributed by atoms with Gasteiger partial charge < -0.3 is 5.32 Å². The summed E-state index contributed by atoms with van der Waals surface area (Å²) in [4.78, 5) is 12.5. The maximum absolute atomic E-state index is 13.2. The first kappa shape index (κ1) is 21.1. The van der Waals surface area contributed by atoms with E-state index in [2.05, 4.69) is 5.32 Å². The third-order valence-corrected chi connectivity index (χ3v) is 6.47. The molecule has 146 valence electrons. The predicted octanol–water partition coefficient (Wildman–Crippen LogP) is 3.81. The molecule has 0 fully saturated rings. The summed E-state index contributed by atoms with van der Waals surface area (Å²) in [6.07, 6.45) is 0.807. The van der Waals surface area contributed by atoms with Crippen molar-refractivity contribution in [3.63, 3.8) is 0 Å². The summed E-state index contributed by atoms with van der Waals surface area (Å²) < 4.78 is 27.9. The number of carbonyl (C=O) groups is 1. The fourth-order valence-corrected chi connectivity index (χ4v) is 4.32. The van der Waals surface area contributed by atoms with Gasteiger partial charge in [-0.2, -0.15) is 4.31 Å². The van der Waals surface area contributed by atoms with E-state index in [9.17, 15) is 13.2 Å². The Bertz CT molecular complexity index is 864. The molecular weight excluding hydrogens is 360 g/mol. The lowest BCUT2D eigenvalue weighted by atomic mass is 10.2. The molecule has 6 heteroatoms. The van der Waals surface area contributed by atoms with Crippen LogP contribution in [0.15, 0.2) is 59.5 Å². The van der Waals surface area contributed by atoms with Crippen molar-refractivity contribution in [2.24, 2.45) is 0 Å². The van der Waals surface area contributed by atoms with Crippen molar-refractivity contribution in [1.82, 2.24) is 9.62 Å². The molecule has 1 atom stereocenters. The lowest BCUT2D eigenvalue weighted by Crippen LogP contribution is -2.36. The van der Waals surface area contributed by atoms with Crippen molar-refractivity contribution in [3.05, 3.63) is 65.7 Å². The van der Waals surface area contributed by atoms with Crippen molar-refractivity contribution in [1.29, 1.82) is 0 Å². The highest BCUT2D eigenvalue weighted by Gasteiger charge is 2.27. The van der Waals surface area contributed by atoms with Crippen LogP contribution in [0.5, 0.6) is 0 Å². The third kappa shape index (κ3) is 5.40. The Hall–Kier alpha value is -2.18. The molecule has 0 aliphatic rings. The number of sulfonamides is 1. The maximum Gasteiger partial charge on any atom is 0.251 e. The lowest BCUT2D eigenvalue weighted by molar-refractivity contribution is 0.0939. The van der Waals surface area contributed by atoms with Gasteiger partial charge in [-0.25, -0.2) is 8.42 Å². The monoisotopic (exact) mass is 388 g/mol. The number of rotatable bonds is 8. The predicted molar refractivity (Wildman–Crippen MR) is 108 cm³/mol. The van der Waals surface area contributed by atoms with Crippen LogP contribution in [-0.2, 0) is 16.6 Å². The Morgan fingerprint density at radius 2 is 1.70 bits per heavy atom. The molecule has 0 spiro atoms. The Morgan fingerprint density at radius 3 is 2.30 bits per heavy atom. The number of amides is 1. The van der Waals surface area contributed by atoms with Crippen molar-refractivity contribution in [2.75, 3.05) is 0 Å². The van der Waals surface area contributed by atoms with Crippen molar-refractivity contribution in [2.45, 2.75) is 57.6 Å². The standard InChI is InChI=1S/C21H28N2O3S/c1-5-17(4)22-21(24)19-12-9-13-20(14-19)27(25,26)23(16(2)3)15-18-10-7-6-8-11-18/h6-14,16-17H,5,15H2,1-4H3,(H,22,24). The zero-order valence-electron chi connectivity index (χ0n) is 16.3. The van der Waals surface area contributed by atoms with E-state index in [0.717, 1.165) is 12.0 Å². The number of benzene rings is 2. The molecule has 2 aromatic carbocycles. The molecule has 27 heavy (non-hydrogen) atoms. The van der Waals surface area contributed by atoms with Gasteiger partial charge in [0.05, 0.1) is 4.90 Å². The molecule has 5 nitrogen and oxygen atoms in total. The van der Waals surface area contributed by atoms with Gasteiger partial charge in [0.25, 0.3) is 5.91 Å². The molecular formula is C21H28N2O3S. The Labute approximate surface area is 162 Å². The van der Waals surface area contributed by atoms with Crippen LogP contribution in [0.25, 0.3) is 0 Å². The third-order valence-electron chi connectivity index (χ3n) is 4.45. The van der Waals surface area contributed by atoms with E-state index >= 15 is 0 Å². The second-order valence-corrected chi connectivity index (χ2v) is 8.83. The number of nitrogens with one attached hydrogen (secondary N) is 1. The SMILES string of the molecule is CCC(C)NC(=O)c1cccc(S(=O)(=O)N(Cc2ccccc2)C(C)C)c1. The van der Waals surface area contributed by atoms with Gasteiger partial charge in [-0.05, 0) is 51.0 Å². The zero-order chi connectivity index (χ0) is 20.0. The first-order valence-corrected chi connectivity index (χ1v) is 10.7. The van der Waals surface area contributed by atoms with Gasteiger partial charge >= 0.3 is 0 Å². The van der Waals surface area contributed by atoms with Crippen LogP contribution in [0.3, 0.4) is 0 Å². The first-order valence-electron chi connectivity index (χ1n) is 9.22. The molecule has 0 heterocycles. The molecule has 2 rings (SSSR count). The van der Waals surface area contributed by atoms with Gasteiger partial charge in [0.15, 0.2) is 0 Å². The topological polar surface area (TPSA) is 66.5 Å². The van der Waals surface area contributed by atoms with Crippen LogP contribution in [0, 0.1) is 0 Å². The van der Waals surface area contributed by atoms with E-state index in [-0.39, 0.29) is 29.4 Å². The Kier molecular flexibility index (Phi) is 7.16. The number of nitrogens with zero attached hydrogens (tertiary/aromatic N) is 1. The van der Waals surface area contributed by atoms with Gasteiger partial charge in [0.1, 0.15) is 0 Å². The van der Waals surface area contributed by atoms with E-state index in [0.29, 0.717) is 5.56 Å². The van der Waals surface area contributed by atoms with E-state index < -0.39 is 10.0 Å². The van der Waals surface area contributed by atoms with Gasteiger partial charge in [-0.3, -0.25) is 4.79 Å². The van der Waals surface area contributed by atoms with Gasteiger partial charge in [0.2, 0.25) is 10.0 Å². The highest BCUT2D eigenvalue weighted by molar-refractivity contribution is 7.89. The molecule has 0 aliphatic carbocycles. The molecule has 0 radical (unpaired) electrons. The fourth-order valence-electron chi connectivity index (χ4n) is 2.65. The van der Waals surface area contributed by atoms with Crippen LogP contribution in [0.4, 0.5) is 0 Å². The number of hydrogen-bond donors (Lipinski definition) is 1. The molecule has 0 saturated heterocycles. The van der Waals surface area contributed by atoms with E-state index in [1.165, 1.54) is 16.4 Å². The fraction of sp³-hybridized carbons (Fsp3) is 0.381. The minimum Gasteiger partial charge on any atom is -0.350 e. The second-order valence-electron chi connectivity index (χ2n) is 6.94. The maximum atomic E-state index is 13.2. The molecule has 2 aromatic rings. The Morgan fingerprint density at radius 1 is 1.04 bits per heavy atom. The summed E-state index contributed by atoms with van der Waals surface area (Å²) in [7, 11) is -3.74. The van der Waals surface area contributed by atoms with Crippen LogP contribution in [-0.4, -0.2) is 30.7 Å².